The van der Waals surface area contributed by atoms with E-state index in [1.165, 1.54) is 0 Å². The molecule has 70 valence electrons. The van der Waals surface area contributed by atoms with Crippen LogP contribution in [0.4, 0.5) is 10.5 Å². The summed E-state index contributed by atoms with van der Waals surface area (Å²) in [4.78, 5) is 10.4. The first-order valence-electron chi connectivity index (χ1n) is 3.43. The van der Waals surface area contributed by atoms with E-state index in [4.69, 9.17) is 4.74 Å². The van der Waals surface area contributed by atoms with Gasteiger partial charge in [0.2, 0.25) is 0 Å². The molecule has 0 aliphatic heterocycles. The molecule has 0 radical (unpaired) electrons. The molecule has 1 aromatic rings. The van der Waals surface area contributed by atoms with E-state index in [0.717, 1.165) is 10.2 Å². The van der Waals surface area contributed by atoms with Crippen molar-refractivity contribution >= 4 is 42.4 Å². The molecule has 0 saturated heterocycles. The van der Waals surface area contributed by atoms with Crippen LogP contribution in [0.25, 0.3) is 0 Å². The van der Waals surface area contributed by atoms with Gasteiger partial charge in [0.25, 0.3) is 4.82 Å². The van der Waals surface area contributed by atoms with Crippen molar-refractivity contribution in [3.63, 3.8) is 0 Å². The number of ether oxygens (including phenoxy) is 1. The summed E-state index contributed by atoms with van der Waals surface area (Å²) in [6.07, 6.45) is 0. The van der Waals surface area contributed by atoms with Crippen LogP contribution in [0.1, 0.15) is 0 Å². The summed E-state index contributed by atoms with van der Waals surface area (Å²) >= 11 is 6.08. The van der Waals surface area contributed by atoms with Gasteiger partial charge in [0, 0.05) is 21.6 Å². The number of amides is 1. The number of nitrogens with one attached hydrogen (secondary N) is 1. The molecule has 13 heavy (non-hydrogen) atoms. The second kappa shape index (κ2) is 4.62. The van der Waals surface area contributed by atoms with Gasteiger partial charge >= 0.3 is 0 Å². The lowest BCUT2D eigenvalue weighted by atomic mass is 10.3. The van der Waals surface area contributed by atoms with Crippen molar-refractivity contribution in [1.82, 2.24) is 0 Å². The molecule has 1 aromatic carbocycles. The van der Waals surface area contributed by atoms with E-state index in [1.807, 2.05) is 0 Å². The van der Waals surface area contributed by atoms with E-state index in [2.05, 4.69) is 37.2 Å². The van der Waals surface area contributed by atoms with Gasteiger partial charge in [0.05, 0.1) is 11.6 Å². The zero-order chi connectivity index (χ0) is 9.84. The average Bonchev–Trinajstić information content (AvgIpc) is 2.03. The summed E-state index contributed by atoms with van der Waals surface area (Å²) in [6, 6.07) is 5.28. The van der Waals surface area contributed by atoms with Crippen molar-refractivity contribution < 1.29 is 9.53 Å². The summed E-state index contributed by atoms with van der Waals surface area (Å²) in [7, 11) is 1.59. The van der Waals surface area contributed by atoms with Crippen LogP contribution in [0.15, 0.2) is 22.7 Å². The van der Waals surface area contributed by atoms with Gasteiger partial charge in [0.1, 0.15) is 5.75 Å². The van der Waals surface area contributed by atoms with E-state index >= 15 is 0 Å². The fraction of sp³-hybridized carbons (Fsp3) is 0.125. The van der Waals surface area contributed by atoms with Crippen molar-refractivity contribution in [3.05, 3.63) is 22.7 Å². The van der Waals surface area contributed by atoms with E-state index in [1.54, 1.807) is 25.3 Å². The van der Waals surface area contributed by atoms with E-state index in [9.17, 15) is 4.79 Å². The molecule has 1 N–H and O–H groups in total. The smallest absolute Gasteiger partial charge is 0.291 e. The van der Waals surface area contributed by atoms with Gasteiger partial charge in [-0.3, -0.25) is 4.79 Å². The van der Waals surface area contributed by atoms with E-state index < -0.39 is 0 Å². The fourth-order valence-corrected chi connectivity index (χ4v) is 1.63. The van der Waals surface area contributed by atoms with Crippen molar-refractivity contribution in [2.45, 2.75) is 0 Å². The highest BCUT2D eigenvalue weighted by Gasteiger charge is 2.02. The molecule has 1 rings (SSSR count). The third-order valence-corrected chi connectivity index (χ3v) is 2.21. The molecular weight excluding hydrogens is 302 g/mol. The first kappa shape index (κ1) is 10.5. The van der Waals surface area contributed by atoms with E-state index in [-0.39, 0.29) is 4.82 Å². The summed E-state index contributed by atoms with van der Waals surface area (Å²) < 4.78 is 5.83. The quantitative estimate of drug-likeness (QED) is 0.672. The van der Waals surface area contributed by atoms with Gasteiger partial charge in [-0.1, -0.05) is 0 Å². The van der Waals surface area contributed by atoms with Crippen molar-refractivity contribution in [1.29, 1.82) is 0 Å². The van der Waals surface area contributed by atoms with Crippen LogP contribution in [0.5, 0.6) is 5.75 Å². The Kier molecular flexibility index (Phi) is 3.74. The molecule has 0 atom stereocenters. The number of benzene rings is 1. The number of anilines is 1. The second-order valence-electron chi connectivity index (χ2n) is 2.25. The van der Waals surface area contributed by atoms with Gasteiger partial charge in [-0.2, -0.15) is 0 Å². The molecule has 0 bridgehead atoms. The second-order valence-corrected chi connectivity index (χ2v) is 3.82. The van der Waals surface area contributed by atoms with E-state index in [0.29, 0.717) is 5.69 Å². The van der Waals surface area contributed by atoms with Gasteiger partial charge in [-0.15, -0.1) is 0 Å². The zero-order valence-electron chi connectivity index (χ0n) is 6.80. The zero-order valence-corrected chi connectivity index (χ0v) is 9.98. The Morgan fingerprint density at radius 2 is 2.23 bits per heavy atom. The van der Waals surface area contributed by atoms with Crippen LogP contribution in [0, 0.1) is 0 Å². The predicted octanol–water partition coefficient (Wildman–Crippen LogP) is 3.38. The first-order chi connectivity index (χ1) is 6.13. The number of rotatable bonds is 2. The topological polar surface area (TPSA) is 38.3 Å². The highest BCUT2D eigenvalue weighted by molar-refractivity contribution is 9.18. The number of carbonyl (C=O) groups is 1. The summed E-state index contributed by atoms with van der Waals surface area (Å²) in [5, 5.41) is 2.59. The van der Waals surface area contributed by atoms with Crippen LogP contribution in [-0.2, 0) is 0 Å². The number of carbonyl (C=O) groups excluding carboxylic acids is 1. The standard InChI is InChI=1S/C8H7Br2NO2/c1-13-7-3-2-5(4-6(7)9)11-8(10)12/h2-4H,1H3,(H,11,12). The highest BCUT2D eigenvalue weighted by atomic mass is 79.9. The average molecular weight is 309 g/mol. The lowest BCUT2D eigenvalue weighted by molar-refractivity contribution is 0.270. The molecular formula is C8H7Br2NO2. The summed E-state index contributed by atoms with van der Waals surface area (Å²) in [5.74, 6) is 0.729. The van der Waals surface area contributed by atoms with Gasteiger partial charge < -0.3 is 10.1 Å². The van der Waals surface area contributed by atoms with Gasteiger partial charge in [-0.25, -0.2) is 0 Å². The van der Waals surface area contributed by atoms with Gasteiger partial charge in [-0.05, 0) is 34.1 Å². The number of methoxy groups -OCH3 is 1. The van der Waals surface area contributed by atoms with Crippen LogP contribution < -0.4 is 10.1 Å². The van der Waals surface area contributed by atoms with Crippen LogP contribution in [0.2, 0.25) is 0 Å². The van der Waals surface area contributed by atoms with Gasteiger partial charge in [0.15, 0.2) is 0 Å². The molecule has 0 saturated carbocycles. The molecule has 0 aliphatic carbocycles. The van der Waals surface area contributed by atoms with Crippen LogP contribution in [-0.4, -0.2) is 11.9 Å². The highest BCUT2D eigenvalue weighted by Crippen LogP contribution is 2.27. The van der Waals surface area contributed by atoms with Crippen molar-refractivity contribution in [2.24, 2.45) is 0 Å². The maximum absolute atomic E-state index is 10.6. The number of hydrogen-bond acceptors (Lipinski definition) is 2. The Bertz CT molecular complexity index is 328. The largest absolute Gasteiger partial charge is 0.496 e. The molecule has 5 heteroatoms. The molecule has 1 amide bonds. The first-order valence-corrected chi connectivity index (χ1v) is 5.02. The molecule has 0 heterocycles. The third kappa shape index (κ3) is 3.00. The lowest BCUT2D eigenvalue weighted by Gasteiger charge is -2.05. The fourth-order valence-electron chi connectivity index (χ4n) is 0.858. The number of halogens is 2. The molecule has 3 nitrogen and oxygen atoms in total. The molecule has 0 aliphatic rings. The third-order valence-electron chi connectivity index (χ3n) is 1.39. The lowest BCUT2D eigenvalue weighted by Crippen LogP contribution is -2.00. The Hall–Kier alpha value is -0.550. The minimum atomic E-state index is -0.274. The monoisotopic (exact) mass is 307 g/mol. The Balaban J connectivity index is 2.89. The molecule has 0 spiro atoms. The maximum Gasteiger partial charge on any atom is 0.291 e. The minimum absolute atomic E-state index is 0.274. The summed E-state index contributed by atoms with van der Waals surface area (Å²) in [5.41, 5.74) is 0.703. The van der Waals surface area contributed by atoms with Crippen LogP contribution >= 0.6 is 31.9 Å². The number of hydrogen-bond donors (Lipinski definition) is 1. The Labute approximate surface area is 92.7 Å². The predicted molar refractivity (Wildman–Crippen MR) is 58.6 cm³/mol. The molecule has 0 unspecified atom stereocenters. The molecule has 0 fully saturated rings. The van der Waals surface area contributed by atoms with Crippen LogP contribution in [0.3, 0.4) is 0 Å². The summed E-state index contributed by atoms with van der Waals surface area (Å²) in [6.45, 7) is 0. The van der Waals surface area contributed by atoms with Crippen molar-refractivity contribution in [3.8, 4) is 5.75 Å². The Morgan fingerprint density at radius 3 is 2.69 bits per heavy atom. The SMILES string of the molecule is COc1ccc(NC(=O)Br)cc1Br. The minimum Gasteiger partial charge on any atom is -0.496 e. The maximum atomic E-state index is 10.6. The Morgan fingerprint density at radius 1 is 1.54 bits per heavy atom. The normalized spacial score (nSPS) is 9.46. The van der Waals surface area contributed by atoms with Crippen molar-refractivity contribution in [2.75, 3.05) is 12.4 Å². The molecule has 0 aromatic heterocycles.